The van der Waals surface area contributed by atoms with Gasteiger partial charge in [0.25, 0.3) is 0 Å². The summed E-state index contributed by atoms with van der Waals surface area (Å²) in [5.74, 6) is 0. The van der Waals surface area contributed by atoms with Gasteiger partial charge in [-0.05, 0) is 0 Å². The molecule has 0 saturated heterocycles. The molecule has 0 atom stereocenters. The molecule has 0 radical (unpaired) electrons. The fraction of sp³-hybridized carbons (Fsp3) is 0.750. The molecule has 0 heterocycles. The molecule has 0 unspecified atom stereocenters. The summed E-state index contributed by atoms with van der Waals surface area (Å²) in [7, 11) is 0. The van der Waals surface area contributed by atoms with E-state index in [2.05, 4.69) is 48.6 Å². The molecule has 0 saturated carbocycles. The third kappa shape index (κ3) is 5.11. The number of hydrogen-bond acceptors (Lipinski definition) is 1. The summed E-state index contributed by atoms with van der Waals surface area (Å²) in [5, 5.41) is 1.15. The number of hydrogen-bond donors (Lipinski definition) is 0. The van der Waals surface area contributed by atoms with Crippen molar-refractivity contribution in [3.8, 4) is 0 Å². The summed E-state index contributed by atoms with van der Waals surface area (Å²) in [5.41, 5.74) is 0. The first kappa shape index (κ1) is 10.3. The fourth-order valence-corrected chi connectivity index (χ4v) is 0.872. The molecular weight excluding hydrogens is 117 g/mol. The maximum absolute atomic E-state index is 2.40. The van der Waals surface area contributed by atoms with Crippen LogP contribution in [0.4, 0.5) is 0 Å². The Morgan fingerprint density at radius 2 is 1.80 bits per heavy atom. The van der Waals surface area contributed by atoms with E-state index in [-0.39, 0.29) is 0 Å². The van der Waals surface area contributed by atoms with E-state index in [4.69, 9.17) is 0 Å². The van der Waals surface area contributed by atoms with Crippen LogP contribution in [0.15, 0.2) is 12.2 Å². The van der Waals surface area contributed by atoms with Crippen molar-refractivity contribution in [3.63, 3.8) is 0 Å². The number of rotatable bonds is 5. The average molecular weight is 133 g/mol. The van der Waals surface area contributed by atoms with Crippen LogP contribution in [0.1, 0.15) is 13.8 Å². The van der Waals surface area contributed by atoms with Gasteiger partial charge in [0.1, 0.15) is 0 Å². The molecule has 0 aromatic carbocycles. The maximum atomic E-state index is 2.40. The molecule has 54 valence electrons. The Balaban J connectivity index is 3.34. The zero-order valence-corrected chi connectivity index (χ0v) is 7.43. The van der Waals surface area contributed by atoms with Gasteiger partial charge in [-0.3, -0.25) is 0 Å². The van der Waals surface area contributed by atoms with Crippen molar-refractivity contribution in [3.05, 3.63) is 12.2 Å². The number of likely N-dealkylation sites (N-methyl/N-ethyl adjacent to an activating group) is 1. The molecule has 0 aromatic rings. The van der Waals surface area contributed by atoms with Crippen LogP contribution >= 0.6 is 0 Å². The first-order chi connectivity index (χ1) is 4.85. The summed E-state index contributed by atoms with van der Waals surface area (Å²) in [6, 6.07) is 0. The van der Waals surface area contributed by atoms with Crippen molar-refractivity contribution in [2.45, 2.75) is 18.9 Å². The Morgan fingerprint density at radius 3 is 2.20 bits per heavy atom. The Bertz CT molecular complexity index is 87.3. The second-order valence-electron chi connectivity index (χ2n) is 2.37. The first-order valence-electron chi connectivity index (χ1n) is 4.22. The Morgan fingerprint density at radius 1 is 1.20 bits per heavy atom. The van der Waals surface area contributed by atoms with Gasteiger partial charge in [0, 0.05) is 0 Å². The zero-order chi connectivity index (χ0) is 7.82. The van der Waals surface area contributed by atoms with E-state index in [1.165, 1.54) is 0 Å². The molecule has 0 aliphatic rings. The predicted octanol–water partition coefficient (Wildman–Crippen LogP) is 1.47. The fourth-order valence-electron chi connectivity index (χ4n) is 0.872. The quantitative estimate of drug-likeness (QED) is 0.405. The standard InChI is InChI=1S/C8H16N.Li/c1-4-7-8-9(5-2)6-3;/h4,7H,1,5-6,8H2,2-3H3;/b7-4+;. The molecule has 2 heteroatoms. The van der Waals surface area contributed by atoms with Crippen LogP contribution in [0.25, 0.3) is 0 Å². The molecule has 0 N–H and O–H groups in total. The summed E-state index contributed by atoms with van der Waals surface area (Å²) >= 11 is 2.17. The molecule has 0 aliphatic carbocycles. The van der Waals surface area contributed by atoms with Gasteiger partial charge in [0.05, 0.1) is 0 Å². The second kappa shape index (κ2) is 7.40. The van der Waals surface area contributed by atoms with E-state index in [1.54, 1.807) is 0 Å². The summed E-state index contributed by atoms with van der Waals surface area (Å²) in [4.78, 5) is 2.40. The van der Waals surface area contributed by atoms with Gasteiger partial charge in [-0.25, -0.2) is 0 Å². The van der Waals surface area contributed by atoms with Crippen LogP contribution in [0.3, 0.4) is 0 Å². The van der Waals surface area contributed by atoms with Crippen molar-refractivity contribution in [1.82, 2.24) is 4.90 Å². The molecule has 0 aromatic heterocycles. The zero-order valence-electron chi connectivity index (χ0n) is 7.43. The number of nitrogens with zero attached hydrogens (tertiary/aromatic N) is 1. The predicted molar refractivity (Wildman–Crippen MR) is 47.5 cm³/mol. The SMILES string of the molecule is [Li][CH2]/C=C/CN(CC)CC. The average Bonchev–Trinajstić information content (AvgIpc) is 1.99. The van der Waals surface area contributed by atoms with Gasteiger partial charge in [0.15, 0.2) is 0 Å². The molecule has 0 spiro atoms. The van der Waals surface area contributed by atoms with Gasteiger partial charge >= 0.3 is 73.3 Å². The molecule has 0 amide bonds. The molecule has 0 aliphatic heterocycles. The van der Waals surface area contributed by atoms with Gasteiger partial charge < -0.3 is 0 Å². The van der Waals surface area contributed by atoms with Gasteiger partial charge in [-0.2, -0.15) is 0 Å². The minimum absolute atomic E-state index is 1.11. The third-order valence-corrected chi connectivity index (χ3v) is 1.66. The van der Waals surface area contributed by atoms with Crippen LogP contribution in [0, 0.1) is 0 Å². The summed E-state index contributed by atoms with van der Waals surface area (Å²) in [6.07, 6.45) is 4.46. The van der Waals surface area contributed by atoms with E-state index in [0.717, 1.165) is 24.7 Å². The monoisotopic (exact) mass is 133 g/mol. The molecule has 0 bridgehead atoms. The Hall–Kier alpha value is 0.297. The van der Waals surface area contributed by atoms with Crippen molar-refractivity contribution in [2.75, 3.05) is 19.6 Å². The van der Waals surface area contributed by atoms with Crippen LogP contribution in [-0.2, 0) is 0 Å². The molecular formula is C8H16LiN. The molecule has 0 rings (SSSR count). The molecule has 1 nitrogen and oxygen atoms in total. The normalized spacial score (nSPS) is 11.7. The number of allylic oxidation sites excluding steroid dienone is 1. The van der Waals surface area contributed by atoms with Crippen molar-refractivity contribution < 1.29 is 0 Å². The van der Waals surface area contributed by atoms with Gasteiger partial charge in [-0.15, -0.1) is 0 Å². The van der Waals surface area contributed by atoms with Gasteiger partial charge in [0.2, 0.25) is 0 Å². The van der Waals surface area contributed by atoms with E-state index in [0.29, 0.717) is 0 Å². The second-order valence-corrected chi connectivity index (χ2v) is 2.37. The summed E-state index contributed by atoms with van der Waals surface area (Å²) < 4.78 is 0. The van der Waals surface area contributed by atoms with E-state index < -0.39 is 0 Å². The van der Waals surface area contributed by atoms with Gasteiger partial charge in [-0.1, -0.05) is 0 Å². The van der Waals surface area contributed by atoms with Crippen LogP contribution in [0.5, 0.6) is 0 Å². The summed E-state index contributed by atoms with van der Waals surface area (Å²) in [6.45, 7) is 7.82. The Kier molecular flexibility index (Phi) is 7.63. The third-order valence-electron chi connectivity index (χ3n) is 1.66. The molecule has 0 fully saturated rings. The topological polar surface area (TPSA) is 3.24 Å². The van der Waals surface area contributed by atoms with Crippen LogP contribution in [-0.4, -0.2) is 42.2 Å². The van der Waals surface area contributed by atoms with Crippen molar-refractivity contribution in [2.24, 2.45) is 0 Å². The van der Waals surface area contributed by atoms with Crippen molar-refractivity contribution >= 4 is 17.7 Å². The van der Waals surface area contributed by atoms with E-state index in [9.17, 15) is 0 Å². The van der Waals surface area contributed by atoms with Crippen LogP contribution in [0.2, 0.25) is 5.09 Å². The van der Waals surface area contributed by atoms with E-state index >= 15 is 0 Å². The van der Waals surface area contributed by atoms with Crippen molar-refractivity contribution in [1.29, 1.82) is 0 Å². The Labute approximate surface area is 73.7 Å². The van der Waals surface area contributed by atoms with E-state index in [1.807, 2.05) is 0 Å². The molecule has 10 heavy (non-hydrogen) atoms. The minimum atomic E-state index is 1.11. The first-order valence-corrected chi connectivity index (χ1v) is 4.22. The van der Waals surface area contributed by atoms with Crippen LogP contribution < -0.4 is 0 Å².